The number of aliphatic hydroxyl groups excluding tert-OH is 1. The highest BCUT2D eigenvalue weighted by Gasteiger charge is 2.38. The molecule has 1 amide bonds. The molecule has 6 nitrogen and oxygen atoms in total. The Kier molecular flexibility index (Phi) is 6.53. The fourth-order valence-corrected chi connectivity index (χ4v) is 4.57. The Labute approximate surface area is 167 Å². The maximum absolute atomic E-state index is 13.2. The first-order chi connectivity index (χ1) is 13.8. The Morgan fingerprint density at radius 1 is 1.28 bits per heavy atom. The Morgan fingerprint density at radius 2 is 2.00 bits per heavy atom. The van der Waals surface area contributed by atoms with Gasteiger partial charge in [0.15, 0.2) is 6.61 Å². The molecule has 2 atom stereocenters. The Morgan fingerprint density at radius 3 is 2.66 bits per heavy atom. The maximum Gasteiger partial charge on any atom is 0.417 e. The molecular weight excluding hydrogens is 409 g/mol. The van der Waals surface area contributed by atoms with Crippen molar-refractivity contribution in [2.24, 2.45) is 0 Å². The van der Waals surface area contributed by atoms with Gasteiger partial charge in [-0.3, -0.25) is 14.0 Å². The number of aromatic nitrogens is 1. The van der Waals surface area contributed by atoms with Crippen LogP contribution in [0.3, 0.4) is 0 Å². The number of amides is 1. The Hall–Kier alpha value is -2.46. The molecule has 0 bridgehead atoms. The van der Waals surface area contributed by atoms with E-state index in [0.29, 0.717) is 24.3 Å². The average Bonchev–Trinajstić information content (AvgIpc) is 3.21. The van der Waals surface area contributed by atoms with Crippen molar-refractivity contribution in [2.45, 2.75) is 29.3 Å². The van der Waals surface area contributed by atoms with Crippen LogP contribution in [-0.2, 0) is 28.4 Å². The molecule has 2 heterocycles. The molecule has 1 aliphatic rings. The van der Waals surface area contributed by atoms with Crippen molar-refractivity contribution in [1.29, 1.82) is 0 Å². The highest BCUT2D eigenvalue weighted by Crippen LogP contribution is 2.34. The van der Waals surface area contributed by atoms with Crippen molar-refractivity contribution in [3.63, 3.8) is 0 Å². The first kappa shape index (κ1) is 21.3. The number of halogens is 3. The number of carbonyl (C=O) groups excluding carboxylic acids is 1. The van der Waals surface area contributed by atoms with E-state index in [4.69, 9.17) is 9.84 Å². The number of benzene rings is 1. The second-order valence-corrected chi connectivity index (χ2v) is 8.21. The molecule has 0 aliphatic carbocycles. The van der Waals surface area contributed by atoms with Gasteiger partial charge in [0.2, 0.25) is 0 Å². The monoisotopic (exact) mass is 428 g/mol. The number of ether oxygens (including phenoxy) is 1. The second kappa shape index (κ2) is 8.91. The summed E-state index contributed by atoms with van der Waals surface area (Å²) in [5, 5.41) is 8.41. The predicted molar refractivity (Wildman–Crippen MR) is 98.5 cm³/mol. The van der Waals surface area contributed by atoms with Crippen LogP contribution in [0.4, 0.5) is 13.2 Å². The summed E-state index contributed by atoms with van der Waals surface area (Å²) in [7, 11) is -1.94. The maximum atomic E-state index is 13.2. The lowest BCUT2D eigenvalue weighted by atomic mass is 10.2. The van der Waals surface area contributed by atoms with E-state index in [0.717, 1.165) is 18.5 Å². The van der Waals surface area contributed by atoms with Gasteiger partial charge in [-0.25, -0.2) is 0 Å². The summed E-state index contributed by atoms with van der Waals surface area (Å²) in [5.74, 6) is 0.123. The van der Waals surface area contributed by atoms with Crippen LogP contribution in [0, 0.1) is 0 Å². The van der Waals surface area contributed by atoms with Crippen molar-refractivity contribution < 1.29 is 32.0 Å². The Balaban J connectivity index is 1.59. The minimum absolute atomic E-state index is 0.0877. The van der Waals surface area contributed by atoms with Crippen molar-refractivity contribution in [1.82, 2.24) is 9.88 Å². The van der Waals surface area contributed by atoms with Crippen LogP contribution < -0.4 is 4.74 Å². The van der Waals surface area contributed by atoms with Gasteiger partial charge in [-0.2, -0.15) is 13.2 Å². The second-order valence-electron chi connectivity index (χ2n) is 6.51. The number of hydrogen-bond acceptors (Lipinski definition) is 5. The lowest BCUT2D eigenvalue weighted by Crippen LogP contribution is -2.34. The van der Waals surface area contributed by atoms with E-state index in [-0.39, 0.29) is 30.6 Å². The molecule has 0 unspecified atom stereocenters. The molecule has 1 N–H and O–H groups in total. The summed E-state index contributed by atoms with van der Waals surface area (Å²) < 4.78 is 57.6. The SMILES string of the molecule is O=C(COc1ccc(CO)cc1)N1CC[C@H]([S@](=O)c2cnccc2C(F)(F)F)C1. The molecule has 1 fully saturated rings. The van der Waals surface area contributed by atoms with Crippen molar-refractivity contribution in [3.05, 3.63) is 53.9 Å². The van der Waals surface area contributed by atoms with E-state index in [9.17, 15) is 22.2 Å². The van der Waals surface area contributed by atoms with Crippen LogP contribution in [0.1, 0.15) is 17.5 Å². The van der Waals surface area contributed by atoms with E-state index in [2.05, 4.69) is 4.98 Å². The third kappa shape index (κ3) is 5.13. The number of nitrogens with zero attached hydrogens (tertiary/aromatic N) is 2. The summed E-state index contributed by atoms with van der Waals surface area (Å²) >= 11 is 0. The molecule has 3 rings (SSSR count). The van der Waals surface area contributed by atoms with Crippen molar-refractivity contribution >= 4 is 16.7 Å². The van der Waals surface area contributed by atoms with Crippen LogP contribution in [0.15, 0.2) is 47.6 Å². The smallest absolute Gasteiger partial charge is 0.417 e. The first-order valence-corrected chi connectivity index (χ1v) is 10.0. The van der Waals surface area contributed by atoms with Gasteiger partial charge >= 0.3 is 6.18 Å². The number of aliphatic hydroxyl groups is 1. The fourth-order valence-electron chi connectivity index (χ4n) is 3.01. The summed E-state index contributed by atoms with van der Waals surface area (Å²) in [6.07, 6.45) is -2.31. The highest BCUT2D eigenvalue weighted by molar-refractivity contribution is 7.85. The van der Waals surface area contributed by atoms with Crippen LogP contribution >= 0.6 is 0 Å². The highest BCUT2D eigenvalue weighted by atomic mass is 32.2. The van der Waals surface area contributed by atoms with Crippen molar-refractivity contribution in [2.75, 3.05) is 19.7 Å². The summed E-state index contributed by atoms with van der Waals surface area (Å²) in [4.78, 5) is 17.1. The van der Waals surface area contributed by atoms with Crippen LogP contribution in [-0.4, -0.2) is 50.1 Å². The van der Waals surface area contributed by atoms with E-state index in [1.807, 2.05) is 0 Å². The van der Waals surface area contributed by atoms with Gasteiger partial charge in [0, 0.05) is 25.5 Å². The third-order valence-corrected chi connectivity index (χ3v) is 6.32. The number of carbonyl (C=O) groups is 1. The van der Waals surface area contributed by atoms with Crippen LogP contribution in [0.2, 0.25) is 0 Å². The standard InChI is InChI=1S/C19H19F3N2O4S/c20-19(21,22)16-5-7-23-9-17(16)29(27)15-6-8-24(10-15)18(26)12-28-14-3-1-13(11-25)2-4-14/h1-5,7,9,15,25H,6,8,10-12H2/t15-,29-/m0/s1. The molecule has 156 valence electrons. The zero-order chi connectivity index (χ0) is 21.0. The zero-order valence-corrected chi connectivity index (χ0v) is 16.1. The number of pyridine rings is 1. The zero-order valence-electron chi connectivity index (χ0n) is 15.3. The van der Waals surface area contributed by atoms with Gasteiger partial charge in [-0.05, 0) is 30.2 Å². The molecule has 1 aliphatic heterocycles. The topological polar surface area (TPSA) is 79.7 Å². The summed E-state index contributed by atoms with van der Waals surface area (Å²) in [6, 6.07) is 7.40. The summed E-state index contributed by atoms with van der Waals surface area (Å²) in [5.41, 5.74) is -0.257. The fraction of sp³-hybridized carbons (Fsp3) is 0.368. The summed E-state index contributed by atoms with van der Waals surface area (Å²) in [6.45, 7) is 0.0468. The van der Waals surface area contributed by atoms with Gasteiger partial charge < -0.3 is 14.7 Å². The lowest BCUT2D eigenvalue weighted by molar-refractivity contribution is -0.140. The van der Waals surface area contributed by atoms with Gasteiger partial charge in [-0.15, -0.1) is 0 Å². The molecule has 29 heavy (non-hydrogen) atoms. The number of likely N-dealkylation sites (tertiary alicyclic amines) is 1. The Bertz CT molecular complexity index is 890. The minimum atomic E-state index is -4.62. The number of rotatable bonds is 6. The largest absolute Gasteiger partial charge is 0.484 e. The molecule has 10 heteroatoms. The quantitative estimate of drug-likeness (QED) is 0.764. The minimum Gasteiger partial charge on any atom is -0.484 e. The predicted octanol–water partition coefficient (Wildman–Crippen LogP) is 2.38. The molecule has 2 aromatic rings. The van der Waals surface area contributed by atoms with E-state index in [1.165, 1.54) is 4.90 Å². The molecule has 0 spiro atoms. The molecular formula is C19H19F3N2O4S. The lowest BCUT2D eigenvalue weighted by Gasteiger charge is -2.18. The van der Waals surface area contributed by atoms with Gasteiger partial charge in [0.05, 0.1) is 33.1 Å². The average molecular weight is 428 g/mol. The normalized spacial score (nSPS) is 17.9. The van der Waals surface area contributed by atoms with Crippen molar-refractivity contribution in [3.8, 4) is 5.75 Å². The molecule has 1 aromatic heterocycles. The molecule has 1 aromatic carbocycles. The van der Waals surface area contributed by atoms with E-state index in [1.54, 1.807) is 24.3 Å². The van der Waals surface area contributed by atoms with E-state index < -0.39 is 27.8 Å². The van der Waals surface area contributed by atoms with Gasteiger partial charge in [0.1, 0.15) is 5.75 Å². The molecule has 0 saturated carbocycles. The molecule has 1 saturated heterocycles. The van der Waals surface area contributed by atoms with Crippen LogP contribution in [0.25, 0.3) is 0 Å². The number of alkyl halides is 3. The van der Waals surface area contributed by atoms with Gasteiger partial charge in [0.25, 0.3) is 5.91 Å². The van der Waals surface area contributed by atoms with E-state index >= 15 is 0 Å². The third-order valence-electron chi connectivity index (χ3n) is 4.58. The van der Waals surface area contributed by atoms with Gasteiger partial charge in [-0.1, -0.05) is 12.1 Å². The first-order valence-electron chi connectivity index (χ1n) is 8.81. The molecule has 0 radical (unpaired) electrons. The van der Waals surface area contributed by atoms with Crippen LogP contribution in [0.5, 0.6) is 5.75 Å². The number of hydrogen-bond donors (Lipinski definition) is 1.